The summed E-state index contributed by atoms with van der Waals surface area (Å²) in [6.45, 7) is 6.91. The zero-order valence-electron chi connectivity index (χ0n) is 11.9. The largest absolute Gasteiger partial charge is 0.307 e. The van der Waals surface area contributed by atoms with Crippen LogP contribution >= 0.6 is 23.2 Å². The number of halogens is 2. The second kappa shape index (κ2) is 6.47. The summed E-state index contributed by atoms with van der Waals surface area (Å²) in [5, 5.41) is 5.04. The van der Waals surface area contributed by atoms with Gasteiger partial charge in [0.05, 0.1) is 10.0 Å². The van der Waals surface area contributed by atoms with Crippen LogP contribution in [0.5, 0.6) is 0 Å². The highest BCUT2D eigenvalue weighted by Gasteiger charge is 2.28. The van der Waals surface area contributed by atoms with Crippen molar-refractivity contribution in [2.45, 2.75) is 52.1 Å². The molecule has 1 saturated carbocycles. The van der Waals surface area contributed by atoms with Gasteiger partial charge in [-0.25, -0.2) is 0 Å². The van der Waals surface area contributed by atoms with Gasteiger partial charge in [-0.05, 0) is 49.3 Å². The van der Waals surface area contributed by atoms with E-state index in [-0.39, 0.29) is 0 Å². The van der Waals surface area contributed by atoms with Gasteiger partial charge in [0.25, 0.3) is 0 Å². The normalized spacial score (nSPS) is 29.2. The molecule has 0 bridgehead atoms. The molecular formula is C16H23Cl2N. The molecule has 3 unspecified atom stereocenters. The van der Waals surface area contributed by atoms with Gasteiger partial charge in [0.2, 0.25) is 0 Å². The summed E-state index contributed by atoms with van der Waals surface area (Å²) in [6, 6.07) is 6.82. The lowest BCUT2D eigenvalue weighted by molar-refractivity contribution is 0.196. The molecule has 0 aromatic heterocycles. The highest BCUT2D eigenvalue weighted by Crippen LogP contribution is 2.31. The Balaban J connectivity index is 2.07. The third kappa shape index (κ3) is 3.65. The van der Waals surface area contributed by atoms with Gasteiger partial charge in [-0.2, -0.15) is 0 Å². The number of hydrogen-bond donors (Lipinski definition) is 1. The van der Waals surface area contributed by atoms with E-state index in [0.717, 1.165) is 11.8 Å². The number of benzene rings is 1. The van der Waals surface area contributed by atoms with Crippen LogP contribution in [0.4, 0.5) is 0 Å². The quantitative estimate of drug-likeness (QED) is 0.780. The highest BCUT2D eigenvalue weighted by atomic mass is 35.5. The minimum Gasteiger partial charge on any atom is -0.307 e. The van der Waals surface area contributed by atoms with Crippen molar-refractivity contribution in [3.63, 3.8) is 0 Å². The average molecular weight is 300 g/mol. The summed E-state index contributed by atoms with van der Waals surface area (Å²) in [7, 11) is 0. The lowest BCUT2D eigenvalue weighted by atomic mass is 9.78. The number of rotatable bonds is 3. The number of nitrogens with one attached hydrogen (secondary N) is 1. The van der Waals surface area contributed by atoms with Gasteiger partial charge in [0.15, 0.2) is 0 Å². The molecule has 0 aliphatic heterocycles. The van der Waals surface area contributed by atoms with Gasteiger partial charge in [-0.1, -0.05) is 49.5 Å². The molecular weight excluding hydrogens is 277 g/mol. The molecule has 0 saturated heterocycles. The molecule has 1 nitrogen and oxygen atoms in total. The molecule has 1 aliphatic rings. The van der Waals surface area contributed by atoms with Crippen molar-refractivity contribution < 1.29 is 0 Å². The van der Waals surface area contributed by atoms with Crippen LogP contribution in [0.25, 0.3) is 0 Å². The van der Waals surface area contributed by atoms with E-state index in [2.05, 4.69) is 32.2 Å². The van der Waals surface area contributed by atoms with Crippen LogP contribution in [0.3, 0.4) is 0 Å². The topological polar surface area (TPSA) is 12.0 Å². The van der Waals surface area contributed by atoms with Crippen molar-refractivity contribution in [2.24, 2.45) is 11.8 Å². The fraction of sp³-hybridized carbons (Fsp3) is 0.625. The van der Waals surface area contributed by atoms with Gasteiger partial charge < -0.3 is 5.32 Å². The summed E-state index contributed by atoms with van der Waals surface area (Å²) < 4.78 is 0. The Hall–Kier alpha value is -0.240. The molecule has 1 fully saturated rings. The van der Waals surface area contributed by atoms with Crippen molar-refractivity contribution >= 4 is 23.2 Å². The summed E-state index contributed by atoms with van der Waals surface area (Å²) in [6.07, 6.45) is 4.02. The van der Waals surface area contributed by atoms with Gasteiger partial charge in [-0.15, -0.1) is 0 Å². The summed E-state index contributed by atoms with van der Waals surface area (Å²) in [4.78, 5) is 0. The van der Waals surface area contributed by atoms with Crippen molar-refractivity contribution in [3.8, 4) is 0 Å². The smallest absolute Gasteiger partial charge is 0.0595 e. The molecule has 0 heterocycles. The second-order valence-corrected chi connectivity index (χ2v) is 6.79. The van der Waals surface area contributed by atoms with Gasteiger partial charge >= 0.3 is 0 Å². The van der Waals surface area contributed by atoms with E-state index in [1.165, 1.54) is 24.8 Å². The molecule has 0 radical (unpaired) electrons. The molecule has 1 aromatic rings. The molecule has 1 aromatic carbocycles. The fourth-order valence-corrected chi connectivity index (χ4v) is 3.48. The SMILES string of the molecule is CC(NC1C(C)CCCC1C)c1ccc(Cl)c(Cl)c1. The first-order valence-corrected chi connectivity index (χ1v) is 7.95. The summed E-state index contributed by atoms with van der Waals surface area (Å²) >= 11 is 12.1. The molecule has 1 N–H and O–H groups in total. The molecule has 3 atom stereocenters. The Morgan fingerprint density at radius 1 is 1.11 bits per heavy atom. The third-order valence-corrected chi connectivity index (χ3v) is 5.17. The summed E-state index contributed by atoms with van der Waals surface area (Å²) in [5.41, 5.74) is 1.21. The Labute approximate surface area is 126 Å². The van der Waals surface area contributed by atoms with E-state index in [1.807, 2.05) is 12.1 Å². The van der Waals surface area contributed by atoms with Gasteiger partial charge in [0.1, 0.15) is 0 Å². The van der Waals surface area contributed by atoms with Crippen LogP contribution in [0.1, 0.15) is 51.6 Å². The van der Waals surface area contributed by atoms with Gasteiger partial charge in [-0.3, -0.25) is 0 Å². The van der Waals surface area contributed by atoms with E-state index >= 15 is 0 Å². The molecule has 19 heavy (non-hydrogen) atoms. The molecule has 0 spiro atoms. The minimum atomic E-state index is 0.308. The Kier molecular flexibility index (Phi) is 5.16. The third-order valence-electron chi connectivity index (χ3n) is 4.43. The highest BCUT2D eigenvalue weighted by molar-refractivity contribution is 6.42. The first-order chi connectivity index (χ1) is 8.99. The van der Waals surface area contributed by atoms with E-state index in [1.54, 1.807) is 0 Å². The minimum absolute atomic E-state index is 0.308. The summed E-state index contributed by atoms with van der Waals surface area (Å²) in [5.74, 6) is 1.49. The lowest BCUT2D eigenvalue weighted by Gasteiger charge is -2.37. The average Bonchev–Trinajstić information content (AvgIpc) is 2.37. The zero-order chi connectivity index (χ0) is 14.0. The van der Waals surface area contributed by atoms with Crippen LogP contribution in [0.2, 0.25) is 10.0 Å². The maximum Gasteiger partial charge on any atom is 0.0595 e. The van der Waals surface area contributed by atoms with Crippen molar-refractivity contribution in [1.29, 1.82) is 0 Å². The number of hydrogen-bond acceptors (Lipinski definition) is 1. The second-order valence-electron chi connectivity index (χ2n) is 5.97. The van der Waals surface area contributed by atoms with Crippen LogP contribution < -0.4 is 5.32 Å². The van der Waals surface area contributed by atoms with Crippen LogP contribution in [-0.2, 0) is 0 Å². The maximum absolute atomic E-state index is 6.10. The molecule has 1 aliphatic carbocycles. The van der Waals surface area contributed by atoms with Crippen LogP contribution in [-0.4, -0.2) is 6.04 Å². The van der Waals surface area contributed by atoms with Crippen molar-refractivity contribution in [3.05, 3.63) is 33.8 Å². The predicted octanol–water partition coefficient (Wildman–Crippen LogP) is 5.47. The first kappa shape index (κ1) is 15.2. The van der Waals surface area contributed by atoms with E-state index in [0.29, 0.717) is 22.1 Å². The zero-order valence-corrected chi connectivity index (χ0v) is 13.4. The Morgan fingerprint density at radius 2 is 1.74 bits per heavy atom. The Bertz CT molecular complexity index is 423. The monoisotopic (exact) mass is 299 g/mol. The molecule has 106 valence electrons. The van der Waals surface area contributed by atoms with Crippen molar-refractivity contribution in [2.75, 3.05) is 0 Å². The van der Waals surface area contributed by atoms with E-state index in [4.69, 9.17) is 23.2 Å². The maximum atomic E-state index is 6.10. The fourth-order valence-electron chi connectivity index (χ4n) is 3.18. The Morgan fingerprint density at radius 3 is 2.32 bits per heavy atom. The lowest BCUT2D eigenvalue weighted by Crippen LogP contribution is -2.43. The molecule has 3 heteroatoms. The van der Waals surface area contributed by atoms with Gasteiger partial charge in [0, 0.05) is 12.1 Å². The first-order valence-electron chi connectivity index (χ1n) is 7.20. The van der Waals surface area contributed by atoms with Crippen LogP contribution in [0.15, 0.2) is 18.2 Å². The van der Waals surface area contributed by atoms with Crippen LogP contribution in [0, 0.1) is 11.8 Å². The molecule has 2 rings (SSSR count). The molecule has 0 amide bonds. The van der Waals surface area contributed by atoms with Crippen molar-refractivity contribution in [1.82, 2.24) is 5.32 Å². The predicted molar refractivity (Wildman–Crippen MR) is 84.0 cm³/mol. The van der Waals surface area contributed by atoms with E-state index in [9.17, 15) is 0 Å². The standard InChI is InChI=1S/C16H23Cl2N/c1-10-5-4-6-11(2)16(10)19-12(3)13-7-8-14(17)15(18)9-13/h7-12,16,19H,4-6H2,1-3H3. The van der Waals surface area contributed by atoms with E-state index < -0.39 is 0 Å².